The van der Waals surface area contributed by atoms with Crippen LogP contribution in [0.5, 0.6) is 0 Å². The van der Waals surface area contributed by atoms with Crippen LogP contribution in [0.3, 0.4) is 0 Å². The van der Waals surface area contributed by atoms with Crippen LogP contribution in [-0.4, -0.2) is 32.5 Å². The van der Waals surface area contributed by atoms with E-state index in [1.54, 1.807) is 12.1 Å². The molecule has 3 rings (SSSR count). The molecule has 0 saturated heterocycles. The summed E-state index contributed by atoms with van der Waals surface area (Å²) in [5, 5.41) is 2.97. The summed E-state index contributed by atoms with van der Waals surface area (Å²) in [5.41, 5.74) is 5.72. The van der Waals surface area contributed by atoms with Crippen molar-refractivity contribution in [1.82, 2.24) is 10.0 Å². The summed E-state index contributed by atoms with van der Waals surface area (Å²) >= 11 is 0. The third-order valence-corrected chi connectivity index (χ3v) is 6.13. The largest absolute Gasteiger partial charge is 0.345 e. The van der Waals surface area contributed by atoms with Crippen LogP contribution < -0.4 is 15.8 Å². The second-order valence-corrected chi connectivity index (χ2v) is 8.49. The summed E-state index contributed by atoms with van der Waals surface area (Å²) in [4.78, 5) is 12.6. The zero-order valence-electron chi connectivity index (χ0n) is 13.2. The number of carbonyl (C=O) groups excluding carboxylic acids is 1. The molecule has 2 fully saturated rings. The third-order valence-electron chi connectivity index (χ3n) is 4.61. The highest BCUT2D eigenvalue weighted by molar-refractivity contribution is 7.89. The molecule has 1 amide bonds. The average molecular weight is 337 g/mol. The van der Waals surface area contributed by atoms with E-state index in [2.05, 4.69) is 10.0 Å². The van der Waals surface area contributed by atoms with Crippen molar-refractivity contribution >= 4 is 15.9 Å². The first-order valence-electron chi connectivity index (χ1n) is 7.99. The Kier molecular flexibility index (Phi) is 4.20. The van der Waals surface area contributed by atoms with Gasteiger partial charge < -0.3 is 11.1 Å². The minimum absolute atomic E-state index is 0.0351. The second-order valence-electron chi connectivity index (χ2n) is 6.77. The fraction of sp³-hybridized carbons (Fsp3) is 0.562. The van der Waals surface area contributed by atoms with E-state index < -0.39 is 15.6 Å². The number of amides is 1. The van der Waals surface area contributed by atoms with Gasteiger partial charge in [0.1, 0.15) is 0 Å². The van der Waals surface area contributed by atoms with Crippen LogP contribution in [0.1, 0.15) is 43.0 Å². The maximum absolute atomic E-state index is 12.5. The first-order chi connectivity index (χ1) is 10.8. The molecule has 1 unspecified atom stereocenters. The first-order valence-corrected chi connectivity index (χ1v) is 9.47. The highest BCUT2D eigenvalue weighted by Gasteiger charge is 2.41. The van der Waals surface area contributed by atoms with Gasteiger partial charge in [-0.3, -0.25) is 4.79 Å². The Morgan fingerprint density at radius 2 is 2.00 bits per heavy atom. The Morgan fingerprint density at radius 1 is 1.30 bits per heavy atom. The zero-order valence-corrected chi connectivity index (χ0v) is 14.0. The van der Waals surface area contributed by atoms with Crippen LogP contribution in [0, 0.1) is 5.92 Å². The van der Waals surface area contributed by atoms with Gasteiger partial charge in [0.25, 0.3) is 5.91 Å². The summed E-state index contributed by atoms with van der Waals surface area (Å²) < 4.78 is 27.1. The number of benzene rings is 1. The number of hydrogen-bond acceptors (Lipinski definition) is 4. The topological polar surface area (TPSA) is 101 Å². The summed E-state index contributed by atoms with van der Waals surface area (Å²) in [6.45, 7) is 2.31. The van der Waals surface area contributed by atoms with Crippen molar-refractivity contribution in [2.75, 3.05) is 6.54 Å². The summed E-state index contributed by atoms with van der Waals surface area (Å²) in [6, 6.07) is 6.17. The second kappa shape index (κ2) is 5.89. The van der Waals surface area contributed by atoms with Gasteiger partial charge in [0.05, 0.1) is 10.4 Å². The Bertz CT molecular complexity index is 711. The predicted octanol–water partition coefficient (Wildman–Crippen LogP) is 0.984. The van der Waals surface area contributed by atoms with Crippen molar-refractivity contribution in [3.63, 3.8) is 0 Å². The van der Waals surface area contributed by atoms with Crippen molar-refractivity contribution in [2.45, 2.75) is 49.1 Å². The maximum atomic E-state index is 12.5. The van der Waals surface area contributed by atoms with Crippen LogP contribution >= 0.6 is 0 Å². The molecule has 1 aromatic carbocycles. The van der Waals surface area contributed by atoms with Gasteiger partial charge in [-0.05, 0) is 56.7 Å². The van der Waals surface area contributed by atoms with Crippen molar-refractivity contribution in [1.29, 1.82) is 0 Å². The molecular weight excluding hydrogens is 314 g/mol. The lowest BCUT2D eigenvalue weighted by Crippen LogP contribution is -2.53. The molecule has 0 heterocycles. The molecule has 1 atom stereocenters. The lowest BCUT2D eigenvalue weighted by atomic mass is 9.95. The Morgan fingerprint density at radius 3 is 2.57 bits per heavy atom. The molecule has 0 aliphatic heterocycles. The van der Waals surface area contributed by atoms with E-state index in [4.69, 9.17) is 5.73 Å². The number of carbonyl (C=O) groups is 1. The van der Waals surface area contributed by atoms with Gasteiger partial charge in [0.15, 0.2) is 0 Å². The van der Waals surface area contributed by atoms with Crippen LogP contribution in [-0.2, 0) is 10.0 Å². The fourth-order valence-corrected chi connectivity index (χ4v) is 4.02. The molecule has 7 heteroatoms. The number of sulfonamides is 1. The van der Waals surface area contributed by atoms with E-state index in [0.29, 0.717) is 18.0 Å². The quantitative estimate of drug-likeness (QED) is 0.690. The Balaban J connectivity index is 1.77. The smallest absolute Gasteiger partial charge is 0.251 e. The average Bonchev–Trinajstić information content (AvgIpc) is 3.39. The van der Waals surface area contributed by atoms with E-state index in [1.165, 1.54) is 12.1 Å². The summed E-state index contributed by atoms with van der Waals surface area (Å²) in [7, 11) is -3.56. The van der Waals surface area contributed by atoms with Gasteiger partial charge in [0.2, 0.25) is 10.0 Å². The molecule has 6 nitrogen and oxygen atoms in total. The molecule has 2 saturated carbocycles. The molecular formula is C16H23N3O3S. The molecule has 2 aliphatic carbocycles. The highest BCUT2D eigenvalue weighted by atomic mass is 32.2. The highest BCUT2D eigenvalue weighted by Crippen LogP contribution is 2.39. The minimum Gasteiger partial charge on any atom is -0.345 e. The van der Waals surface area contributed by atoms with Crippen LogP contribution in [0.4, 0.5) is 0 Å². The van der Waals surface area contributed by atoms with Gasteiger partial charge in [-0.2, -0.15) is 0 Å². The maximum Gasteiger partial charge on any atom is 0.251 e. The first kappa shape index (κ1) is 16.4. The van der Waals surface area contributed by atoms with Crippen LogP contribution in [0.2, 0.25) is 0 Å². The fourth-order valence-electron chi connectivity index (χ4n) is 2.66. The normalized spacial score (nSPS) is 20.8. The molecule has 0 bridgehead atoms. The predicted molar refractivity (Wildman–Crippen MR) is 87.4 cm³/mol. The SMILES string of the molecule is CC(CN)(NC(=O)c1cccc(S(=O)(=O)NC2CC2)c1)C1CC1. The van der Waals surface area contributed by atoms with E-state index in [-0.39, 0.29) is 16.8 Å². The van der Waals surface area contributed by atoms with Gasteiger partial charge in [-0.25, -0.2) is 13.1 Å². The molecule has 0 aromatic heterocycles. The number of nitrogens with one attached hydrogen (secondary N) is 2. The monoisotopic (exact) mass is 337 g/mol. The van der Waals surface area contributed by atoms with E-state index in [9.17, 15) is 13.2 Å². The van der Waals surface area contributed by atoms with E-state index in [0.717, 1.165) is 25.7 Å². The Labute approximate surface area is 136 Å². The van der Waals surface area contributed by atoms with Gasteiger partial charge in [-0.15, -0.1) is 0 Å². The van der Waals surface area contributed by atoms with Crippen molar-refractivity contribution in [3.8, 4) is 0 Å². The molecule has 4 N–H and O–H groups in total. The standard InChI is InChI=1S/C16H23N3O3S/c1-16(10-17,12-5-6-12)18-15(20)11-3-2-4-14(9-11)23(21,22)19-13-7-8-13/h2-4,9,12-13,19H,5-8,10,17H2,1H3,(H,18,20). The van der Waals surface area contributed by atoms with Crippen molar-refractivity contribution in [2.24, 2.45) is 11.7 Å². The van der Waals surface area contributed by atoms with Crippen LogP contribution in [0.15, 0.2) is 29.2 Å². The third kappa shape index (κ3) is 3.73. The number of hydrogen-bond donors (Lipinski definition) is 3. The molecule has 1 aromatic rings. The Hall–Kier alpha value is -1.44. The van der Waals surface area contributed by atoms with Gasteiger partial charge >= 0.3 is 0 Å². The number of nitrogens with two attached hydrogens (primary N) is 1. The summed E-state index contributed by atoms with van der Waals surface area (Å²) in [6.07, 6.45) is 3.87. The molecule has 0 radical (unpaired) electrons. The molecule has 23 heavy (non-hydrogen) atoms. The minimum atomic E-state index is -3.56. The lowest BCUT2D eigenvalue weighted by Gasteiger charge is -2.29. The van der Waals surface area contributed by atoms with Crippen molar-refractivity contribution in [3.05, 3.63) is 29.8 Å². The zero-order chi connectivity index (χ0) is 16.7. The van der Waals surface area contributed by atoms with Gasteiger partial charge in [0, 0.05) is 18.2 Å². The molecule has 0 spiro atoms. The lowest BCUT2D eigenvalue weighted by molar-refractivity contribution is 0.0897. The van der Waals surface area contributed by atoms with Crippen molar-refractivity contribution < 1.29 is 13.2 Å². The van der Waals surface area contributed by atoms with Crippen LogP contribution in [0.25, 0.3) is 0 Å². The van der Waals surface area contributed by atoms with E-state index >= 15 is 0 Å². The number of rotatable bonds is 7. The summed E-state index contributed by atoms with van der Waals surface area (Å²) in [5.74, 6) is 0.119. The molecule has 2 aliphatic rings. The van der Waals surface area contributed by atoms with Gasteiger partial charge in [-0.1, -0.05) is 6.07 Å². The molecule has 126 valence electrons. The van der Waals surface area contributed by atoms with E-state index in [1.807, 2.05) is 6.92 Å².